The third-order valence-corrected chi connectivity index (χ3v) is 4.37. The van der Waals surface area contributed by atoms with Gasteiger partial charge in [0.2, 0.25) is 6.04 Å². The number of piperidine rings is 1. The van der Waals surface area contributed by atoms with Gasteiger partial charge in [-0.25, -0.2) is 0 Å². The molecule has 6 heteroatoms. The number of benzene rings is 1. The van der Waals surface area contributed by atoms with Gasteiger partial charge < -0.3 is 5.32 Å². The van der Waals surface area contributed by atoms with Crippen LogP contribution in [0.1, 0.15) is 17.5 Å². The lowest BCUT2D eigenvalue weighted by Gasteiger charge is -2.29. The van der Waals surface area contributed by atoms with Crippen LogP contribution in [-0.4, -0.2) is 16.8 Å². The van der Waals surface area contributed by atoms with Crippen molar-refractivity contribution in [2.75, 3.05) is 0 Å². The largest absolute Gasteiger partial charge is 0.310 e. The average Bonchev–Trinajstić information content (AvgIpc) is 2.56. The highest BCUT2D eigenvalue weighted by molar-refractivity contribution is 7.80. The molecule has 1 amide bonds. The van der Waals surface area contributed by atoms with Gasteiger partial charge in [-0.3, -0.25) is 10.2 Å². The lowest BCUT2D eigenvalue weighted by molar-refractivity contribution is -0.711. The molecule has 2 N–H and O–H groups in total. The van der Waals surface area contributed by atoms with E-state index >= 15 is 0 Å². The Bertz CT molecular complexity index is 813. The molecule has 1 aliphatic rings. The van der Waals surface area contributed by atoms with Crippen molar-refractivity contribution >= 4 is 40.6 Å². The maximum absolute atomic E-state index is 12.6. The van der Waals surface area contributed by atoms with Crippen LogP contribution in [0, 0.1) is 5.41 Å². The summed E-state index contributed by atoms with van der Waals surface area (Å²) in [5.41, 5.74) is 1.35. The Morgan fingerprint density at radius 1 is 1.17 bits per heavy atom. The zero-order valence-electron chi connectivity index (χ0n) is 12.0. The number of nitrogens with one attached hydrogen (secondary N) is 2. The molecule has 2 aromatic rings. The van der Waals surface area contributed by atoms with E-state index < -0.39 is 12.0 Å². The van der Waals surface area contributed by atoms with Gasteiger partial charge in [-0.2, -0.15) is 4.57 Å². The van der Waals surface area contributed by atoms with E-state index in [4.69, 9.17) is 29.2 Å². The van der Waals surface area contributed by atoms with Crippen LogP contribution < -0.4 is 9.88 Å². The van der Waals surface area contributed by atoms with Crippen molar-refractivity contribution in [2.45, 2.75) is 12.0 Å². The van der Waals surface area contributed by atoms with E-state index in [1.165, 1.54) is 0 Å². The van der Waals surface area contributed by atoms with Crippen LogP contribution in [0.4, 0.5) is 0 Å². The minimum Gasteiger partial charge on any atom is -0.310 e. The zero-order chi connectivity index (χ0) is 16.4. The minimum atomic E-state index is -0.545. The molecular formula is C17H13ClN3OS+. The number of hydrogen-bond acceptors (Lipinski definition) is 3. The van der Waals surface area contributed by atoms with Crippen LogP contribution in [0.5, 0.6) is 0 Å². The van der Waals surface area contributed by atoms with Crippen molar-refractivity contribution in [1.82, 2.24) is 5.32 Å². The number of aromatic nitrogens is 1. The van der Waals surface area contributed by atoms with Gasteiger partial charge in [0.1, 0.15) is 4.99 Å². The second-order valence-corrected chi connectivity index (χ2v) is 6.00. The van der Waals surface area contributed by atoms with Gasteiger partial charge in [-0.05, 0) is 23.6 Å². The lowest BCUT2D eigenvalue weighted by atomic mass is 9.82. The number of nitrogens with zero attached hydrogens (tertiary/aromatic N) is 1. The summed E-state index contributed by atoms with van der Waals surface area (Å²) < 4.78 is 1.81. The molecule has 2 atom stereocenters. The van der Waals surface area contributed by atoms with Crippen molar-refractivity contribution < 1.29 is 9.36 Å². The molecule has 4 nitrogen and oxygen atoms in total. The molecule has 1 aromatic heterocycles. The summed E-state index contributed by atoms with van der Waals surface area (Å²) in [5.74, 6) is 1.81. The predicted octanol–water partition coefficient (Wildman–Crippen LogP) is 2.58. The fourth-order valence-corrected chi connectivity index (χ4v) is 3.17. The van der Waals surface area contributed by atoms with Gasteiger partial charge in [0, 0.05) is 17.2 Å². The van der Waals surface area contributed by atoms with E-state index in [0.29, 0.717) is 10.6 Å². The quantitative estimate of drug-likeness (QED) is 0.381. The molecule has 0 aliphatic carbocycles. The molecule has 0 radical (unpaired) electrons. The maximum atomic E-state index is 12.6. The van der Waals surface area contributed by atoms with E-state index in [2.05, 4.69) is 11.2 Å². The second kappa shape index (κ2) is 6.42. The Labute approximate surface area is 143 Å². The Morgan fingerprint density at radius 2 is 1.83 bits per heavy atom. The number of rotatable bonds is 2. The van der Waals surface area contributed by atoms with Gasteiger partial charge >= 0.3 is 0 Å². The Morgan fingerprint density at radius 3 is 2.43 bits per heavy atom. The number of pyridine rings is 1. The van der Waals surface area contributed by atoms with Gasteiger partial charge in [0.15, 0.2) is 12.4 Å². The second-order valence-electron chi connectivity index (χ2n) is 5.15. The fourth-order valence-electron chi connectivity index (χ4n) is 2.76. The molecule has 0 spiro atoms. The number of carbonyl (C=O) groups excluding carboxylic acids is 1. The Kier molecular flexibility index (Phi) is 4.35. The lowest BCUT2D eigenvalue weighted by Crippen LogP contribution is -2.56. The van der Waals surface area contributed by atoms with Crippen LogP contribution in [-0.2, 0) is 4.79 Å². The number of carbonyl (C=O) groups is 1. The first kappa shape index (κ1) is 15.6. The average molecular weight is 343 g/mol. The summed E-state index contributed by atoms with van der Waals surface area (Å²) in [6.45, 7) is 0. The molecule has 1 aromatic carbocycles. The predicted molar refractivity (Wildman–Crippen MR) is 91.8 cm³/mol. The third-order valence-electron chi connectivity index (χ3n) is 3.80. The fraction of sp³-hybridized carbons (Fsp3) is 0.118. The Balaban J connectivity index is 2.17. The van der Waals surface area contributed by atoms with Crippen LogP contribution >= 0.6 is 23.8 Å². The molecule has 1 aliphatic heterocycles. The zero-order valence-corrected chi connectivity index (χ0v) is 13.6. The van der Waals surface area contributed by atoms with Crippen molar-refractivity contribution in [2.24, 2.45) is 0 Å². The van der Waals surface area contributed by atoms with Crippen LogP contribution in [0.2, 0.25) is 5.02 Å². The molecule has 0 bridgehead atoms. The molecule has 114 valence electrons. The first-order valence-electron chi connectivity index (χ1n) is 6.98. The first-order valence-corrected chi connectivity index (χ1v) is 7.76. The molecule has 23 heavy (non-hydrogen) atoms. The van der Waals surface area contributed by atoms with Gasteiger partial charge in [0.05, 0.1) is 11.5 Å². The summed E-state index contributed by atoms with van der Waals surface area (Å²) >= 11 is 11.2. The standard InChI is InChI=1S/C17H12ClN3OS/c18-12-6-4-11(5-7-12)14-13(10-19)17(23)20-16(22)15(14)21-8-2-1-3-9-21/h1-9,14-15,19H/p+1/t14-,15+/m0/s1. The minimum absolute atomic E-state index is 0.204. The number of thiocarbonyl (C=S) groups is 1. The van der Waals surface area contributed by atoms with Crippen molar-refractivity contribution in [3.8, 4) is 0 Å². The van der Waals surface area contributed by atoms with Crippen molar-refractivity contribution in [3.63, 3.8) is 0 Å². The molecule has 1 fully saturated rings. The van der Waals surface area contributed by atoms with E-state index in [-0.39, 0.29) is 10.9 Å². The molecule has 3 rings (SSSR count). The number of hydrogen-bond donors (Lipinski definition) is 2. The summed E-state index contributed by atoms with van der Waals surface area (Å²) in [6.07, 6.45) is 3.65. The summed E-state index contributed by atoms with van der Waals surface area (Å²) in [4.78, 5) is 12.8. The van der Waals surface area contributed by atoms with E-state index in [1.807, 2.05) is 47.3 Å². The number of amides is 1. The molecule has 1 saturated heterocycles. The monoisotopic (exact) mass is 342 g/mol. The molecular weight excluding hydrogens is 330 g/mol. The van der Waals surface area contributed by atoms with Crippen molar-refractivity contribution in [3.05, 3.63) is 71.0 Å². The highest BCUT2D eigenvalue weighted by atomic mass is 35.5. The normalized spacial score (nSPS) is 20.8. The van der Waals surface area contributed by atoms with Gasteiger partial charge in [-0.15, -0.1) is 0 Å². The van der Waals surface area contributed by atoms with E-state index in [0.717, 1.165) is 5.56 Å². The maximum Gasteiger partial charge on any atom is 0.295 e. The van der Waals surface area contributed by atoms with Crippen LogP contribution in [0.15, 0.2) is 60.4 Å². The van der Waals surface area contributed by atoms with Crippen LogP contribution in [0.3, 0.4) is 0 Å². The highest BCUT2D eigenvalue weighted by Gasteiger charge is 2.45. The molecule has 0 unspecified atom stereocenters. The van der Waals surface area contributed by atoms with E-state index in [9.17, 15) is 4.79 Å². The third kappa shape index (κ3) is 2.94. The molecule has 2 heterocycles. The summed E-state index contributed by atoms with van der Waals surface area (Å²) in [6, 6.07) is 12.3. The SMILES string of the molecule is N=C=C1C(=S)NC(=O)[C@H]([n+]2ccccc2)[C@H]1c1ccc(Cl)cc1. The number of halogens is 1. The first-order chi connectivity index (χ1) is 11.1. The topological polar surface area (TPSA) is 56.8 Å². The van der Waals surface area contributed by atoms with Crippen molar-refractivity contribution in [1.29, 1.82) is 5.41 Å². The van der Waals surface area contributed by atoms with Gasteiger partial charge in [0.25, 0.3) is 5.91 Å². The summed E-state index contributed by atoms with van der Waals surface area (Å²) in [7, 11) is 0. The van der Waals surface area contributed by atoms with Gasteiger partial charge in [-0.1, -0.05) is 42.0 Å². The Hall–Kier alpha value is -2.33. The van der Waals surface area contributed by atoms with Crippen LogP contribution in [0.25, 0.3) is 0 Å². The molecule has 0 saturated carbocycles. The smallest absolute Gasteiger partial charge is 0.295 e. The summed E-state index contributed by atoms with van der Waals surface area (Å²) in [5, 5.41) is 10.9. The van der Waals surface area contributed by atoms with E-state index in [1.54, 1.807) is 12.1 Å². The highest BCUT2D eigenvalue weighted by Crippen LogP contribution is 2.35.